The van der Waals surface area contributed by atoms with Gasteiger partial charge in [-0.25, -0.2) is 18.4 Å². The van der Waals surface area contributed by atoms with Crippen molar-refractivity contribution in [2.24, 2.45) is 0 Å². The van der Waals surface area contributed by atoms with Gasteiger partial charge in [-0.3, -0.25) is 9.59 Å². The van der Waals surface area contributed by atoms with Crippen LogP contribution < -0.4 is 10.2 Å². The Labute approximate surface area is 200 Å². The van der Waals surface area contributed by atoms with Crippen LogP contribution in [0.5, 0.6) is 0 Å². The van der Waals surface area contributed by atoms with Crippen molar-refractivity contribution in [2.45, 2.75) is 19.8 Å². The maximum absolute atomic E-state index is 13.4. The fraction of sp³-hybridized carbons (Fsp3) is 0.154. The second-order valence-electron chi connectivity index (χ2n) is 8.20. The molecule has 0 spiro atoms. The number of benzene rings is 3. The molecule has 3 aromatic carbocycles. The summed E-state index contributed by atoms with van der Waals surface area (Å²) in [6.45, 7) is 2.20. The molecule has 0 radical (unpaired) electrons. The van der Waals surface area contributed by atoms with Crippen molar-refractivity contribution in [3.63, 3.8) is 0 Å². The van der Waals surface area contributed by atoms with E-state index in [1.165, 1.54) is 41.1 Å². The number of carbonyl (C=O) groups excluding carboxylic acids is 2. The van der Waals surface area contributed by atoms with Crippen molar-refractivity contribution in [3.05, 3.63) is 101 Å². The monoisotopic (exact) mass is 473 g/mol. The molecule has 35 heavy (non-hydrogen) atoms. The van der Waals surface area contributed by atoms with Crippen LogP contribution in [0.15, 0.2) is 66.7 Å². The van der Waals surface area contributed by atoms with Gasteiger partial charge in [-0.2, -0.15) is 0 Å². The predicted octanol–water partition coefficient (Wildman–Crippen LogP) is 4.70. The number of fused-ring (bicyclic) bond motifs is 1. The molecule has 0 saturated heterocycles. The number of hydrogen-bond acceptors (Lipinski definition) is 4. The number of nitrogens with one attached hydrogen (secondary N) is 1. The zero-order valence-electron chi connectivity index (χ0n) is 18.8. The summed E-state index contributed by atoms with van der Waals surface area (Å²) in [7, 11) is 0. The molecule has 5 rings (SSSR count). The number of halogens is 2. The van der Waals surface area contributed by atoms with Gasteiger partial charge in [0.1, 0.15) is 17.5 Å². The molecule has 2 amide bonds. The number of aryl methyl sites for hydroxylation is 1. The van der Waals surface area contributed by atoms with Crippen molar-refractivity contribution in [3.8, 4) is 5.69 Å². The fourth-order valence-electron chi connectivity index (χ4n) is 4.18. The van der Waals surface area contributed by atoms with E-state index < -0.39 is 5.82 Å². The molecular formula is C26H21F2N5O2. The van der Waals surface area contributed by atoms with E-state index in [-0.39, 0.29) is 23.5 Å². The summed E-state index contributed by atoms with van der Waals surface area (Å²) < 4.78 is 28.0. The van der Waals surface area contributed by atoms with Gasteiger partial charge in [0, 0.05) is 23.5 Å². The number of hydrogen-bond donors (Lipinski definition) is 1. The molecule has 176 valence electrons. The van der Waals surface area contributed by atoms with Gasteiger partial charge >= 0.3 is 0 Å². The lowest BCUT2D eigenvalue weighted by atomic mass is 9.99. The van der Waals surface area contributed by atoms with Crippen molar-refractivity contribution in [2.75, 3.05) is 16.8 Å². The van der Waals surface area contributed by atoms with Crippen LogP contribution in [-0.4, -0.2) is 33.1 Å². The van der Waals surface area contributed by atoms with Gasteiger partial charge in [0.05, 0.1) is 5.69 Å². The Hall–Kier alpha value is -4.40. The number of anilines is 2. The topological polar surface area (TPSA) is 80.1 Å². The zero-order chi connectivity index (χ0) is 24.5. The third kappa shape index (κ3) is 4.40. The first-order chi connectivity index (χ1) is 16.9. The summed E-state index contributed by atoms with van der Waals surface area (Å²) >= 11 is 0. The van der Waals surface area contributed by atoms with E-state index in [0.717, 1.165) is 5.56 Å². The van der Waals surface area contributed by atoms with Gasteiger partial charge in [-0.1, -0.05) is 6.07 Å². The first kappa shape index (κ1) is 22.4. The molecule has 1 aliphatic rings. The zero-order valence-corrected chi connectivity index (χ0v) is 18.8. The van der Waals surface area contributed by atoms with Crippen LogP contribution in [0.25, 0.3) is 5.69 Å². The molecule has 1 aromatic heterocycles. The minimum atomic E-state index is -0.418. The summed E-state index contributed by atoms with van der Waals surface area (Å²) in [6.07, 6.45) is 1.37. The maximum Gasteiger partial charge on any atom is 0.297 e. The predicted molar refractivity (Wildman–Crippen MR) is 127 cm³/mol. The molecular weight excluding hydrogens is 452 g/mol. The number of nitrogens with zero attached hydrogens (tertiary/aromatic N) is 4. The van der Waals surface area contributed by atoms with E-state index >= 15 is 0 Å². The molecule has 0 unspecified atom stereocenters. The van der Waals surface area contributed by atoms with Crippen molar-refractivity contribution < 1.29 is 18.4 Å². The average molecular weight is 473 g/mol. The third-order valence-corrected chi connectivity index (χ3v) is 5.88. The van der Waals surface area contributed by atoms with Gasteiger partial charge in [0.25, 0.3) is 11.8 Å². The SMILES string of the molecule is Cc1nc(C(=O)N2CCCc3c(NC(=O)c4ccc(F)cc4)cccc32)nn1-c1ccc(F)cc1. The van der Waals surface area contributed by atoms with Gasteiger partial charge < -0.3 is 10.2 Å². The summed E-state index contributed by atoms with van der Waals surface area (Å²) in [4.78, 5) is 32.0. The molecule has 1 N–H and O–H groups in total. The quantitative estimate of drug-likeness (QED) is 0.466. The average Bonchev–Trinajstić information content (AvgIpc) is 3.26. The van der Waals surface area contributed by atoms with Crippen LogP contribution in [-0.2, 0) is 6.42 Å². The number of amides is 2. The molecule has 0 fully saturated rings. The van der Waals surface area contributed by atoms with Gasteiger partial charge in [-0.15, -0.1) is 5.10 Å². The Bertz CT molecular complexity index is 1410. The summed E-state index contributed by atoms with van der Waals surface area (Å²) in [5.74, 6) is -0.986. The lowest BCUT2D eigenvalue weighted by molar-refractivity contribution is 0.0974. The third-order valence-electron chi connectivity index (χ3n) is 5.88. The van der Waals surface area contributed by atoms with Crippen LogP contribution in [0, 0.1) is 18.6 Å². The minimum Gasteiger partial charge on any atom is -0.322 e. The Balaban J connectivity index is 1.42. The lowest BCUT2D eigenvalue weighted by Gasteiger charge is -2.30. The minimum absolute atomic E-state index is 0.0282. The largest absolute Gasteiger partial charge is 0.322 e. The van der Waals surface area contributed by atoms with Gasteiger partial charge in [0.2, 0.25) is 5.82 Å². The molecule has 1 aliphatic heterocycles. The molecule has 7 nitrogen and oxygen atoms in total. The van der Waals surface area contributed by atoms with E-state index in [0.29, 0.717) is 47.8 Å². The number of rotatable bonds is 4. The Morgan fingerprint density at radius 3 is 2.34 bits per heavy atom. The lowest BCUT2D eigenvalue weighted by Crippen LogP contribution is -2.36. The van der Waals surface area contributed by atoms with E-state index in [2.05, 4.69) is 15.4 Å². The molecule has 2 heterocycles. The van der Waals surface area contributed by atoms with Crippen LogP contribution >= 0.6 is 0 Å². The fourth-order valence-corrected chi connectivity index (χ4v) is 4.18. The highest BCUT2D eigenvalue weighted by atomic mass is 19.1. The molecule has 0 aliphatic carbocycles. The highest BCUT2D eigenvalue weighted by Gasteiger charge is 2.28. The highest BCUT2D eigenvalue weighted by molar-refractivity contribution is 6.07. The Morgan fingerprint density at radius 2 is 1.63 bits per heavy atom. The van der Waals surface area contributed by atoms with Crippen molar-refractivity contribution >= 4 is 23.2 Å². The van der Waals surface area contributed by atoms with Crippen LogP contribution in [0.1, 0.15) is 38.8 Å². The van der Waals surface area contributed by atoms with Crippen LogP contribution in [0.2, 0.25) is 0 Å². The number of carbonyl (C=O) groups is 2. The summed E-state index contributed by atoms with van der Waals surface area (Å²) in [5.41, 5.74) is 3.03. The Morgan fingerprint density at radius 1 is 0.943 bits per heavy atom. The highest BCUT2D eigenvalue weighted by Crippen LogP contribution is 2.34. The van der Waals surface area contributed by atoms with E-state index in [4.69, 9.17) is 0 Å². The van der Waals surface area contributed by atoms with Gasteiger partial charge in [0.15, 0.2) is 0 Å². The van der Waals surface area contributed by atoms with Crippen molar-refractivity contribution in [1.29, 1.82) is 0 Å². The van der Waals surface area contributed by atoms with Crippen LogP contribution in [0.4, 0.5) is 20.2 Å². The summed E-state index contributed by atoms with van der Waals surface area (Å²) in [5, 5.41) is 7.25. The molecule has 9 heteroatoms. The maximum atomic E-state index is 13.4. The molecule has 0 bridgehead atoms. The Kier molecular flexibility index (Phi) is 5.82. The smallest absolute Gasteiger partial charge is 0.297 e. The van der Waals surface area contributed by atoms with E-state index in [1.807, 2.05) is 6.07 Å². The second-order valence-corrected chi connectivity index (χ2v) is 8.20. The van der Waals surface area contributed by atoms with E-state index in [1.54, 1.807) is 36.1 Å². The first-order valence-corrected chi connectivity index (χ1v) is 11.1. The van der Waals surface area contributed by atoms with Crippen molar-refractivity contribution in [1.82, 2.24) is 14.8 Å². The molecule has 0 saturated carbocycles. The standard InChI is InChI=1S/C26H21F2N5O2/c1-16-29-24(31-33(16)20-13-11-19(28)12-14-20)26(35)32-15-3-4-21-22(5-2-6-23(21)32)30-25(34)17-7-9-18(27)10-8-17/h2,5-14H,3-4,15H2,1H3,(H,30,34). The normalized spacial score (nSPS) is 12.8. The first-order valence-electron chi connectivity index (χ1n) is 11.1. The van der Waals surface area contributed by atoms with E-state index in [9.17, 15) is 18.4 Å². The molecule has 0 atom stereocenters. The number of aromatic nitrogens is 3. The van der Waals surface area contributed by atoms with Gasteiger partial charge in [-0.05, 0) is 86.0 Å². The second kappa shape index (κ2) is 9.09. The van der Waals surface area contributed by atoms with Crippen LogP contribution in [0.3, 0.4) is 0 Å². The summed E-state index contributed by atoms with van der Waals surface area (Å²) in [6, 6.07) is 16.4. The molecule has 4 aromatic rings.